The predicted octanol–water partition coefficient (Wildman–Crippen LogP) is 3.16. The molecule has 0 spiro atoms. The van der Waals surface area contributed by atoms with E-state index >= 15 is 0 Å². The summed E-state index contributed by atoms with van der Waals surface area (Å²) in [5.74, 6) is -1.16. The summed E-state index contributed by atoms with van der Waals surface area (Å²) in [6.07, 6.45) is 1.19. The lowest BCUT2D eigenvalue weighted by atomic mass is 9.87. The predicted molar refractivity (Wildman–Crippen MR) is 69.7 cm³/mol. The normalized spacial score (nSPS) is 24.1. The topological polar surface area (TPSA) is 29.1 Å². The van der Waals surface area contributed by atoms with Crippen molar-refractivity contribution in [2.24, 2.45) is 5.41 Å². The standard InChI is InChI=1S/C15H19F2NO/c1-4-13(19)18-9-15(8-14(15,2)3)11-6-5-10(16)7-12(11)17/h5-7H,4,8-9H2,1-3H3,(H,18,19). The molecule has 1 fully saturated rings. The number of hydrogen-bond acceptors (Lipinski definition) is 1. The van der Waals surface area contributed by atoms with Gasteiger partial charge in [0, 0.05) is 24.4 Å². The van der Waals surface area contributed by atoms with E-state index in [1.165, 1.54) is 12.1 Å². The van der Waals surface area contributed by atoms with Gasteiger partial charge in [0.1, 0.15) is 11.6 Å². The van der Waals surface area contributed by atoms with E-state index in [0.717, 1.165) is 12.5 Å². The molecule has 4 heteroatoms. The van der Waals surface area contributed by atoms with Gasteiger partial charge in [-0.2, -0.15) is 0 Å². The van der Waals surface area contributed by atoms with Crippen molar-refractivity contribution in [2.75, 3.05) is 6.54 Å². The highest BCUT2D eigenvalue weighted by atomic mass is 19.1. The summed E-state index contributed by atoms with van der Waals surface area (Å²) in [5.41, 5.74) is -0.0160. The summed E-state index contributed by atoms with van der Waals surface area (Å²) in [5, 5.41) is 2.83. The van der Waals surface area contributed by atoms with E-state index in [1.54, 1.807) is 6.92 Å². The second-order valence-corrected chi connectivity index (χ2v) is 5.90. The number of hydrogen-bond donors (Lipinski definition) is 1. The third kappa shape index (κ3) is 2.36. The van der Waals surface area contributed by atoms with Crippen LogP contribution in [0.4, 0.5) is 8.78 Å². The van der Waals surface area contributed by atoms with Gasteiger partial charge in [0.05, 0.1) is 0 Å². The van der Waals surface area contributed by atoms with Gasteiger partial charge in [-0.15, -0.1) is 0 Å². The molecule has 1 unspecified atom stereocenters. The lowest BCUT2D eigenvalue weighted by Crippen LogP contribution is -2.35. The van der Waals surface area contributed by atoms with E-state index in [9.17, 15) is 13.6 Å². The van der Waals surface area contributed by atoms with Crippen molar-refractivity contribution in [1.29, 1.82) is 0 Å². The maximum absolute atomic E-state index is 14.0. The molecule has 1 aromatic rings. The minimum atomic E-state index is -0.576. The van der Waals surface area contributed by atoms with Crippen molar-refractivity contribution in [3.05, 3.63) is 35.4 Å². The molecular weight excluding hydrogens is 248 g/mol. The average Bonchev–Trinajstić information content (AvgIpc) is 2.89. The van der Waals surface area contributed by atoms with Crippen molar-refractivity contribution in [3.63, 3.8) is 0 Å². The minimum absolute atomic E-state index is 0.0513. The molecule has 1 N–H and O–H groups in total. The van der Waals surface area contributed by atoms with Crippen molar-refractivity contribution < 1.29 is 13.6 Å². The third-order valence-electron chi connectivity index (χ3n) is 4.27. The van der Waals surface area contributed by atoms with Crippen LogP contribution in [0, 0.1) is 17.0 Å². The average molecular weight is 267 g/mol. The molecule has 2 nitrogen and oxygen atoms in total. The van der Waals surface area contributed by atoms with Gasteiger partial charge in [0.15, 0.2) is 0 Å². The zero-order chi connectivity index (χ0) is 14.3. The maximum atomic E-state index is 14.0. The Hall–Kier alpha value is -1.45. The fourth-order valence-corrected chi connectivity index (χ4v) is 2.82. The molecule has 1 atom stereocenters. The SMILES string of the molecule is CCC(=O)NCC1(c2ccc(F)cc2F)CC1(C)C. The van der Waals surface area contributed by atoms with E-state index in [4.69, 9.17) is 0 Å². The summed E-state index contributed by atoms with van der Waals surface area (Å²) in [6.45, 7) is 6.25. The Morgan fingerprint density at radius 1 is 1.37 bits per heavy atom. The molecule has 2 rings (SSSR count). The Morgan fingerprint density at radius 3 is 2.47 bits per heavy atom. The van der Waals surface area contributed by atoms with Crippen LogP contribution in [-0.4, -0.2) is 12.5 Å². The zero-order valence-electron chi connectivity index (χ0n) is 11.5. The fourth-order valence-electron chi connectivity index (χ4n) is 2.82. The van der Waals surface area contributed by atoms with E-state index in [-0.39, 0.29) is 11.3 Å². The first-order valence-corrected chi connectivity index (χ1v) is 6.54. The number of halogens is 2. The van der Waals surface area contributed by atoms with Gasteiger partial charge in [-0.05, 0) is 23.5 Å². The minimum Gasteiger partial charge on any atom is -0.355 e. The van der Waals surface area contributed by atoms with Gasteiger partial charge in [-0.25, -0.2) is 8.78 Å². The molecule has 0 radical (unpaired) electrons. The lowest BCUT2D eigenvalue weighted by Gasteiger charge is -2.22. The Balaban J connectivity index is 2.28. The molecular formula is C15H19F2NO. The van der Waals surface area contributed by atoms with Gasteiger partial charge >= 0.3 is 0 Å². The summed E-state index contributed by atoms with van der Waals surface area (Å²) in [6, 6.07) is 3.68. The van der Waals surface area contributed by atoms with Crippen LogP contribution in [0.2, 0.25) is 0 Å². The Kier molecular flexibility index (Phi) is 3.37. The molecule has 0 aromatic heterocycles. The Morgan fingerprint density at radius 2 is 2.00 bits per heavy atom. The number of carbonyl (C=O) groups excluding carboxylic acids is 1. The number of benzene rings is 1. The van der Waals surface area contributed by atoms with Crippen molar-refractivity contribution >= 4 is 5.91 Å². The highest BCUT2D eigenvalue weighted by molar-refractivity contribution is 5.75. The first-order chi connectivity index (χ1) is 8.82. The van der Waals surface area contributed by atoms with Crippen LogP contribution in [0.25, 0.3) is 0 Å². The van der Waals surface area contributed by atoms with Crippen LogP contribution in [0.3, 0.4) is 0 Å². The van der Waals surface area contributed by atoms with E-state index in [1.807, 2.05) is 13.8 Å². The van der Waals surface area contributed by atoms with Gasteiger partial charge in [0.2, 0.25) is 5.91 Å². The Bertz CT molecular complexity index is 513. The van der Waals surface area contributed by atoms with Gasteiger partial charge < -0.3 is 5.32 Å². The summed E-state index contributed by atoms with van der Waals surface area (Å²) in [4.78, 5) is 11.4. The summed E-state index contributed by atoms with van der Waals surface area (Å²) >= 11 is 0. The molecule has 1 saturated carbocycles. The number of nitrogens with one attached hydrogen (secondary N) is 1. The Labute approximate surface area is 112 Å². The quantitative estimate of drug-likeness (QED) is 0.892. The third-order valence-corrected chi connectivity index (χ3v) is 4.27. The fraction of sp³-hybridized carbons (Fsp3) is 0.533. The van der Waals surface area contributed by atoms with Crippen LogP contribution in [0.1, 0.15) is 39.2 Å². The molecule has 0 saturated heterocycles. The largest absolute Gasteiger partial charge is 0.355 e. The second kappa shape index (κ2) is 4.58. The zero-order valence-corrected chi connectivity index (χ0v) is 11.5. The van der Waals surface area contributed by atoms with E-state index in [0.29, 0.717) is 18.5 Å². The molecule has 1 aliphatic rings. The van der Waals surface area contributed by atoms with E-state index < -0.39 is 17.0 Å². The number of amides is 1. The first-order valence-electron chi connectivity index (χ1n) is 6.54. The summed E-state index contributed by atoms with van der Waals surface area (Å²) in [7, 11) is 0. The highest BCUT2D eigenvalue weighted by Crippen LogP contribution is 2.64. The van der Waals surface area contributed by atoms with Gasteiger partial charge in [-0.1, -0.05) is 26.8 Å². The monoisotopic (exact) mass is 267 g/mol. The highest BCUT2D eigenvalue weighted by Gasteiger charge is 2.62. The molecule has 19 heavy (non-hydrogen) atoms. The van der Waals surface area contributed by atoms with Crippen molar-refractivity contribution in [1.82, 2.24) is 5.32 Å². The lowest BCUT2D eigenvalue weighted by molar-refractivity contribution is -0.120. The van der Waals surface area contributed by atoms with Crippen LogP contribution in [0.5, 0.6) is 0 Å². The van der Waals surface area contributed by atoms with Crippen molar-refractivity contribution in [2.45, 2.75) is 39.0 Å². The van der Waals surface area contributed by atoms with Crippen LogP contribution in [-0.2, 0) is 10.2 Å². The molecule has 0 aliphatic heterocycles. The molecule has 1 aliphatic carbocycles. The maximum Gasteiger partial charge on any atom is 0.219 e. The molecule has 0 bridgehead atoms. The van der Waals surface area contributed by atoms with Gasteiger partial charge in [-0.3, -0.25) is 4.79 Å². The van der Waals surface area contributed by atoms with Crippen LogP contribution >= 0.6 is 0 Å². The molecule has 0 heterocycles. The number of rotatable bonds is 4. The first kappa shape index (κ1) is 14.0. The van der Waals surface area contributed by atoms with Crippen LogP contribution in [0.15, 0.2) is 18.2 Å². The second-order valence-electron chi connectivity index (χ2n) is 5.90. The van der Waals surface area contributed by atoms with Gasteiger partial charge in [0.25, 0.3) is 0 Å². The van der Waals surface area contributed by atoms with E-state index in [2.05, 4.69) is 5.32 Å². The number of carbonyl (C=O) groups is 1. The summed E-state index contributed by atoms with van der Waals surface area (Å²) < 4.78 is 27.0. The molecule has 1 amide bonds. The van der Waals surface area contributed by atoms with Crippen molar-refractivity contribution in [3.8, 4) is 0 Å². The molecule has 1 aromatic carbocycles. The molecule has 104 valence electrons. The van der Waals surface area contributed by atoms with Crippen LogP contribution < -0.4 is 5.32 Å². The smallest absolute Gasteiger partial charge is 0.219 e.